The summed E-state index contributed by atoms with van der Waals surface area (Å²) in [6.07, 6.45) is 0. The number of amides is 1. The molecule has 0 aliphatic carbocycles. The standard InChI is InChI=1S/C21H25N3O2S/c1-14-8-6-7-9-16(14)20(25)24(13-12-23(3)4)21-22-18-17(26-5)11-10-15(2)19(18)27-21/h6-11H,12-13H2,1-5H3. The van der Waals surface area contributed by atoms with Crippen LogP contribution in [0.2, 0.25) is 0 Å². The number of hydrogen-bond donors (Lipinski definition) is 0. The summed E-state index contributed by atoms with van der Waals surface area (Å²) in [5.74, 6) is 0.708. The SMILES string of the molecule is COc1ccc(C)c2sc(N(CCN(C)C)C(=O)c3ccccc3C)nc12. The molecule has 0 fully saturated rings. The van der Waals surface area contributed by atoms with Gasteiger partial charge in [-0.05, 0) is 51.2 Å². The van der Waals surface area contributed by atoms with Crippen LogP contribution in [0.25, 0.3) is 10.2 Å². The Morgan fingerprint density at radius 2 is 1.81 bits per heavy atom. The van der Waals surface area contributed by atoms with E-state index in [0.717, 1.165) is 33.6 Å². The number of methoxy groups -OCH3 is 1. The van der Waals surface area contributed by atoms with Crippen molar-refractivity contribution >= 4 is 32.6 Å². The number of likely N-dealkylation sites (N-methyl/N-ethyl adjacent to an activating group) is 1. The Hall–Kier alpha value is -2.44. The molecule has 27 heavy (non-hydrogen) atoms. The zero-order valence-corrected chi connectivity index (χ0v) is 17.3. The van der Waals surface area contributed by atoms with Gasteiger partial charge in [0.05, 0.1) is 11.8 Å². The number of nitrogens with zero attached hydrogens (tertiary/aromatic N) is 3. The third-order valence-electron chi connectivity index (χ3n) is 4.53. The molecule has 1 amide bonds. The number of carbonyl (C=O) groups is 1. The van der Waals surface area contributed by atoms with Crippen LogP contribution in [0.4, 0.5) is 5.13 Å². The number of ether oxygens (including phenoxy) is 1. The molecule has 2 aromatic carbocycles. The zero-order chi connectivity index (χ0) is 19.6. The predicted molar refractivity (Wildman–Crippen MR) is 112 cm³/mol. The van der Waals surface area contributed by atoms with Crippen molar-refractivity contribution in [3.05, 3.63) is 53.1 Å². The summed E-state index contributed by atoms with van der Waals surface area (Å²) < 4.78 is 6.52. The Morgan fingerprint density at radius 1 is 1.07 bits per heavy atom. The van der Waals surface area contributed by atoms with Crippen LogP contribution in [0, 0.1) is 13.8 Å². The summed E-state index contributed by atoms with van der Waals surface area (Å²) in [6.45, 7) is 5.34. The Kier molecular flexibility index (Phi) is 5.77. The molecule has 0 saturated heterocycles. The Labute approximate surface area is 164 Å². The van der Waals surface area contributed by atoms with Crippen molar-refractivity contribution in [2.45, 2.75) is 13.8 Å². The summed E-state index contributed by atoms with van der Waals surface area (Å²) >= 11 is 1.54. The van der Waals surface area contributed by atoms with E-state index >= 15 is 0 Å². The van der Waals surface area contributed by atoms with Crippen LogP contribution in [-0.2, 0) is 0 Å². The van der Waals surface area contributed by atoms with E-state index in [9.17, 15) is 4.79 Å². The maximum absolute atomic E-state index is 13.3. The molecule has 0 radical (unpaired) electrons. The smallest absolute Gasteiger partial charge is 0.260 e. The lowest BCUT2D eigenvalue weighted by Gasteiger charge is -2.22. The van der Waals surface area contributed by atoms with E-state index in [1.165, 1.54) is 11.3 Å². The van der Waals surface area contributed by atoms with Crippen molar-refractivity contribution in [1.29, 1.82) is 0 Å². The number of anilines is 1. The summed E-state index contributed by atoms with van der Waals surface area (Å²) in [5, 5.41) is 0.702. The fourth-order valence-corrected chi connectivity index (χ4v) is 4.00. The van der Waals surface area contributed by atoms with Crippen LogP contribution < -0.4 is 9.64 Å². The van der Waals surface area contributed by atoms with E-state index in [1.54, 1.807) is 12.0 Å². The average molecular weight is 384 g/mol. The molecule has 0 aliphatic rings. The first-order valence-corrected chi connectivity index (χ1v) is 9.70. The molecule has 142 valence electrons. The molecular weight excluding hydrogens is 358 g/mol. The summed E-state index contributed by atoms with van der Waals surface area (Å²) in [7, 11) is 5.65. The van der Waals surface area contributed by atoms with Gasteiger partial charge in [0.15, 0.2) is 5.13 Å². The van der Waals surface area contributed by atoms with E-state index in [1.807, 2.05) is 57.4 Å². The van der Waals surface area contributed by atoms with Gasteiger partial charge in [-0.15, -0.1) is 0 Å². The van der Waals surface area contributed by atoms with Gasteiger partial charge in [-0.25, -0.2) is 4.98 Å². The zero-order valence-electron chi connectivity index (χ0n) is 16.4. The largest absolute Gasteiger partial charge is 0.494 e. The molecule has 3 rings (SSSR count). The van der Waals surface area contributed by atoms with Gasteiger partial charge in [0, 0.05) is 18.7 Å². The van der Waals surface area contributed by atoms with E-state index in [2.05, 4.69) is 11.8 Å². The van der Waals surface area contributed by atoms with Gasteiger partial charge in [0.2, 0.25) is 0 Å². The highest BCUT2D eigenvalue weighted by molar-refractivity contribution is 7.22. The average Bonchev–Trinajstić information content (AvgIpc) is 3.08. The van der Waals surface area contributed by atoms with Crippen LogP contribution in [0.15, 0.2) is 36.4 Å². The molecule has 0 aliphatic heterocycles. The molecule has 3 aromatic rings. The lowest BCUT2D eigenvalue weighted by Crippen LogP contribution is -2.37. The first-order chi connectivity index (χ1) is 12.9. The molecular formula is C21H25N3O2S. The van der Waals surface area contributed by atoms with Crippen molar-refractivity contribution in [3.8, 4) is 5.75 Å². The maximum atomic E-state index is 13.3. The van der Waals surface area contributed by atoms with Gasteiger partial charge in [-0.3, -0.25) is 9.69 Å². The number of benzene rings is 2. The highest BCUT2D eigenvalue weighted by atomic mass is 32.1. The van der Waals surface area contributed by atoms with Crippen molar-refractivity contribution in [1.82, 2.24) is 9.88 Å². The van der Waals surface area contributed by atoms with Crippen LogP contribution in [0.5, 0.6) is 5.75 Å². The van der Waals surface area contributed by atoms with Crippen LogP contribution >= 0.6 is 11.3 Å². The van der Waals surface area contributed by atoms with Gasteiger partial charge < -0.3 is 9.64 Å². The maximum Gasteiger partial charge on any atom is 0.260 e. The van der Waals surface area contributed by atoms with E-state index in [-0.39, 0.29) is 5.91 Å². The van der Waals surface area contributed by atoms with Crippen molar-refractivity contribution in [2.75, 3.05) is 39.2 Å². The molecule has 0 N–H and O–H groups in total. The number of hydrogen-bond acceptors (Lipinski definition) is 5. The van der Waals surface area contributed by atoms with Crippen LogP contribution in [-0.4, -0.2) is 50.1 Å². The Bertz CT molecular complexity index is 965. The molecule has 0 saturated carbocycles. The fraction of sp³-hybridized carbons (Fsp3) is 0.333. The van der Waals surface area contributed by atoms with E-state index < -0.39 is 0 Å². The second-order valence-electron chi connectivity index (χ2n) is 6.83. The number of rotatable bonds is 6. The van der Waals surface area contributed by atoms with E-state index in [4.69, 9.17) is 9.72 Å². The molecule has 6 heteroatoms. The lowest BCUT2D eigenvalue weighted by molar-refractivity contribution is 0.0984. The minimum absolute atomic E-state index is 0.0226. The number of aromatic nitrogens is 1. The normalized spacial score (nSPS) is 11.2. The summed E-state index contributed by atoms with van der Waals surface area (Å²) in [6, 6.07) is 11.6. The molecule has 0 atom stereocenters. The number of carbonyl (C=O) groups excluding carboxylic acids is 1. The topological polar surface area (TPSA) is 45.7 Å². The van der Waals surface area contributed by atoms with Crippen molar-refractivity contribution in [2.24, 2.45) is 0 Å². The summed E-state index contributed by atoms with van der Waals surface area (Å²) in [4.78, 5) is 22.0. The number of thiazole rings is 1. The highest BCUT2D eigenvalue weighted by Crippen LogP contribution is 2.36. The third-order valence-corrected chi connectivity index (χ3v) is 5.75. The van der Waals surface area contributed by atoms with Crippen molar-refractivity contribution in [3.63, 3.8) is 0 Å². The number of fused-ring (bicyclic) bond motifs is 1. The highest BCUT2D eigenvalue weighted by Gasteiger charge is 2.23. The third kappa shape index (κ3) is 3.96. The molecule has 0 spiro atoms. The van der Waals surface area contributed by atoms with E-state index in [0.29, 0.717) is 17.2 Å². The first kappa shape index (κ1) is 19.3. The number of aryl methyl sites for hydroxylation is 2. The quantitative estimate of drug-likeness (QED) is 0.642. The molecule has 0 bridgehead atoms. The minimum Gasteiger partial charge on any atom is -0.494 e. The second-order valence-corrected chi connectivity index (χ2v) is 7.81. The van der Waals surface area contributed by atoms with Crippen molar-refractivity contribution < 1.29 is 9.53 Å². The second kappa shape index (κ2) is 8.06. The van der Waals surface area contributed by atoms with Gasteiger partial charge in [0.1, 0.15) is 11.3 Å². The van der Waals surface area contributed by atoms with Gasteiger partial charge in [-0.2, -0.15) is 0 Å². The summed E-state index contributed by atoms with van der Waals surface area (Å²) in [5.41, 5.74) is 3.61. The molecule has 1 aromatic heterocycles. The fourth-order valence-electron chi connectivity index (χ4n) is 2.92. The first-order valence-electron chi connectivity index (χ1n) is 8.88. The Morgan fingerprint density at radius 3 is 2.48 bits per heavy atom. The molecule has 5 nitrogen and oxygen atoms in total. The van der Waals surface area contributed by atoms with Gasteiger partial charge in [0.25, 0.3) is 5.91 Å². The predicted octanol–water partition coefficient (Wildman–Crippen LogP) is 4.13. The minimum atomic E-state index is -0.0226. The Balaban J connectivity index is 2.08. The van der Waals surface area contributed by atoms with Crippen LogP contribution in [0.3, 0.4) is 0 Å². The molecule has 0 unspecified atom stereocenters. The lowest BCUT2D eigenvalue weighted by atomic mass is 10.1. The van der Waals surface area contributed by atoms with Gasteiger partial charge >= 0.3 is 0 Å². The monoisotopic (exact) mass is 383 g/mol. The molecule has 1 heterocycles. The van der Waals surface area contributed by atoms with Gasteiger partial charge in [-0.1, -0.05) is 35.6 Å². The van der Waals surface area contributed by atoms with Crippen LogP contribution in [0.1, 0.15) is 21.5 Å².